The van der Waals surface area contributed by atoms with Gasteiger partial charge >= 0.3 is 12.0 Å². The number of nitrogens with zero attached hydrogens (tertiary/aromatic N) is 1. The number of methoxy groups -OCH3 is 2. The maximum Gasteiger partial charge on any atom is 0.337 e. The van der Waals surface area contributed by atoms with E-state index in [9.17, 15) is 9.59 Å². The monoisotopic (exact) mass is 391 g/mol. The molecule has 9 heteroatoms. The van der Waals surface area contributed by atoms with Gasteiger partial charge in [-0.2, -0.15) is 0 Å². The summed E-state index contributed by atoms with van der Waals surface area (Å²) in [6.45, 7) is 0. The number of halogens is 1. The molecule has 0 fully saturated rings. The number of carbonyl (C=O) groups is 2. The van der Waals surface area contributed by atoms with Gasteiger partial charge in [-0.1, -0.05) is 22.9 Å². The number of urea groups is 1. The molecule has 1 aromatic heterocycles. The molecule has 0 unspecified atom stereocenters. The van der Waals surface area contributed by atoms with Crippen LogP contribution >= 0.6 is 22.9 Å². The van der Waals surface area contributed by atoms with Gasteiger partial charge in [0.15, 0.2) is 5.13 Å². The summed E-state index contributed by atoms with van der Waals surface area (Å²) in [5.41, 5.74) is 1.52. The Morgan fingerprint density at radius 3 is 2.65 bits per heavy atom. The number of carbonyl (C=O) groups excluding carboxylic acids is 2. The Morgan fingerprint density at radius 1 is 1.12 bits per heavy atom. The summed E-state index contributed by atoms with van der Waals surface area (Å²) >= 11 is 7.19. The molecule has 0 aliphatic rings. The van der Waals surface area contributed by atoms with Crippen LogP contribution in [0, 0.1) is 0 Å². The minimum atomic E-state index is -0.488. The van der Waals surface area contributed by atoms with Crippen molar-refractivity contribution in [3.8, 4) is 5.75 Å². The van der Waals surface area contributed by atoms with Gasteiger partial charge in [-0.15, -0.1) is 0 Å². The van der Waals surface area contributed by atoms with Gasteiger partial charge in [0, 0.05) is 5.02 Å². The topological polar surface area (TPSA) is 89.5 Å². The smallest absolute Gasteiger partial charge is 0.337 e. The number of rotatable bonds is 4. The van der Waals surface area contributed by atoms with E-state index in [0.29, 0.717) is 32.7 Å². The molecular weight excluding hydrogens is 378 g/mol. The number of ether oxygens (including phenoxy) is 2. The zero-order valence-electron chi connectivity index (χ0n) is 13.8. The summed E-state index contributed by atoms with van der Waals surface area (Å²) < 4.78 is 10.6. The third-order valence-electron chi connectivity index (χ3n) is 3.44. The first-order chi connectivity index (χ1) is 12.5. The van der Waals surface area contributed by atoms with Crippen molar-refractivity contribution in [3.05, 3.63) is 47.0 Å². The Hall–Kier alpha value is -2.84. The molecule has 0 spiro atoms. The van der Waals surface area contributed by atoms with Gasteiger partial charge < -0.3 is 14.8 Å². The number of nitrogens with one attached hydrogen (secondary N) is 2. The summed E-state index contributed by atoms with van der Waals surface area (Å²) in [7, 11) is 2.82. The Morgan fingerprint density at radius 2 is 1.92 bits per heavy atom. The van der Waals surface area contributed by atoms with Crippen molar-refractivity contribution in [2.24, 2.45) is 0 Å². The van der Waals surface area contributed by atoms with Gasteiger partial charge in [0.2, 0.25) is 0 Å². The van der Waals surface area contributed by atoms with Crippen LogP contribution in [0.4, 0.5) is 15.6 Å². The lowest BCUT2D eigenvalue weighted by molar-refractivity contribution is 0.0601. The first-order valence-electron chi connectivity index (χ1n) is 7.40. The molecule has 0 radical (unpaired) electrons. The molecule has 26 heavy (non-hydrogen) atoms. The van der Waals surface area contributed by atoms with Crippen LogP contribution in [-0.4, -0.2) is 31.2 Å². The molecule has 0 aliphatic carbocycles. The molecule has 3 aromatic rings. The van der Waals surface area contributed by atoms with E-state index in [1.807, 2.05) is 0 Å². The standard InChI is InChI=1S/C17H14ClN3O4S/c1-24-13-6-4-10(18)8-12(13)19-16(23)21-17-20-11-5-3-9(15(22)25-2)7-14(11)26-17/h3-8H,1-2H3,(H2,19,20,21,23). The fourth-order valence-corrected chi connectivity index (χ4v) is 3.32. The van der Waals surface area contributed by atoms with Crippen LogP contribution in [0.1, 0.15) is 10.4 Å². The van der Waals surface area contributed by atoms with Crippen molar-refractivity contribution in [1.29, 1.82) is 0 Å². The highest BCUT2D eigenvalue weighted by atomic mass is 35.5. The Bertz CT molecular complexity index is 989. The third-order valence-corrected chi connectivity index (χ3v) is 4.61. The lowest BCUT2D eigenvalue weighted by Gasteiger charge is -2.10. The fraction of sp³-hybridized carbons (Fsp3) is 0.118. The van der Waals surface area contributed by atoms with E-state index in [-0.39, 0.29) is 0 Å². The van der Waals surface area contributed by atoms with Crippen molar-refractivity contribution in [2.75, 3.05) is 24.9 Å². The van der Waals surface area contributed by atoms with Crippen molar-refractivity contribution in [1.82, 2.24) is 4.98 Å². The number of hydrogen-bond acceptors (Lipinski definition) is 6. The van der Waals surface area contributed by atoms with E-state index >= 15 is 0 Å². The average molecular weight is 392 g/mol. The van der Waals surface area contributed by atoms with Crippen molar-refractivity contribution < 1.29 is 19.1 Å². The molecule has 2 amide bonds. The van der Waals surface area contributed by atoms with Crippen LogP contribution < -0.4 is 15.4 Å². The summed E-state index contributed by atoms with van der Waals surface area (Å²) in [6.07, 6.45) is 0. The zero-order chi connectivity index (χ0) is 18.7. The lowest BCUT2D eigenvalue weighted by atomic mass is 10.2. The number of fused-ring (bicyclic) bond motifs is 1. The Balaban J connectivity index is 1.77. The highest BCUT2D eigenvalue weighted by Gasteiger charge is 2.13. The van der Waals surface area contributed by atoms with Crippen LogP contribution in [0.5, 0.6) is 5.75 Å². The normalized spacial score (nSPS) is 10.4. The van der Waals surface area contributed by atoms with Gasteiger partial charge in [0.05, 0.1) is 35.7 Å². The van der Waals surface area contributed by atoms with Crippen LogP contribution in [0.2, 0.25) is 5.02 Å². The van der Waals surface area contributed by atoms with E-state index in [2.05, 4.69) is 15.6 Å². The quantitative estimate of drug-likeness (QED) is 0.644. The molecule has 0 aliphatic heterocycles. The van der Waals surface area contributed by atoms with Crippen LogP contribution in [0.15, 0.2) is 36.4 Å². The van der Waals surface area contributed by atoms with Crippen molar-refractivity contribution >= 4 is 56.0 Å². The molecule has 7 nitrogen and oxygen atoms in total. The largest absolute Gasteiger partial charge is 0.495 e. The highest BCUT2D eigenvalue weighted by molar-refractivity contribution is 7.22. The number of thiazole rings is 1. The summed E-state index contributed by atoms with van der Waals surface area (Å²) in [5, 5.41) is 6.18. The number of aromatic nitrogens is 1. The van der Waals surface area contributed by atoms with Crippen LogP contribution in [0.25, 0.3) is 10.2 Å². The third kappa shape index (κ3) is 3.87. The maximum atomic E-state index is 12.2. The molecule has 134 valence electrons. The maximum absolute atomic E-state index is 12.2. The van der Waals surface area contributed by atoms with Gasteiger partial charge in [0.25, 0.3) is 0 Å². The predicted molar refractivity (Wildman–Crippen MR) is 102 cm³/mol. The van der Waals surface area contributed by atoms with Crippen molar-refractivity contribution in [2.45, 2.75) is 0 Å². The van der Waals surface area contributed by atoms with Crippen LogP contribution in [0.3, 0.4) is 0 Å². The molecule has 3 rings (SSSR count). The van der Waals surface area contributed by atoms with Gasteiger partial charge in [0.1, 0.15) is 5.75 Å². The second-order valence-corrected chi connectivity index (χ2v) is 6.58. The van der Waals surface area contributed by atoms with E-state index in [4.69, 9.17) is 21.1 Å². The fourth-order valence-electron chi connectivity index (χ4n) is 2.25. The number of hydrogen-bond donors (Lipinski definition) is 2. The number of benzene rings is 2. The van der Waals surface area contributed by atoms with E-state index in [1.165, 1.54) is 25.6 Å². The lowest BCUT2D eigenvalue weighted by Crippen LogP contribution is -2.19. The molecular formula is C17H14ClN3O4S. The predicted octanol–water partition coefficient (Wildman–Crippen LogP) is 4.39. The zero-order valence-corrected chi connectivity index (χ0v) is 15.4. The summed E-state index contributed by atoms with van der Waals surface area (Å²) in [4.78, 5) is 28.1. The van der Waals surface area contributed by atoms with Crippen LogP contribution in [-0.2, 0) is 4.74 Å². The molecule has 1 heterocycles. The first kappa shape index (κ1) is 18.0. The minimum absolute atomic E-state index is 0.389. The SMILES string of the molecule is COC(=O)c1ccc2nc(NC(=O)Nc3cc(Cl)ccc3OC)sc2c1. The second-order valence-electron chi connectivity index (χ2n) is 5.12. The molecule has 2 N–H and O–H groups in total. The molecule has 2 aromatic carbocycles. The number of anilines is 2. The van der Waals surface area contributed by atoms with E-state index in [1.54, 1.807) is 36.4 Å². The van der Waals surface area contributed by atoms with Crippen molar-refractivity contribution in [3.63, 3.8) is 0 Å². The minimum Gasteiger partial charge on any atom is -0.495 e. The Labute approximate surface area is 157 Å². The number of amides is 2. The second kappa shape index (κ2) is 7.59. The van der Waals surface area contributed by atoms with Gasteiger partial charge in [-0.3, -0.25) is 5.32 Å². The van der Waals surface area contributed by atoms with Gasteiger partial charge in [-0.05, 0) is 36.4 Å². The van der Waals surface area contributed by atoms with E-state index < -0.39 is 12.0 Å². The van der Waals surface area contributed by atoms with Gasteiger partial charge in [-0.25, -0.2) is 14.6 Å². The van der Waals surface area contributed by atoms with E-state index in [0.717, 1.165) is 4.70 Å². The first-order valence-corrected chi connectivity index (χ1v) is 8.60. The molecule has 0 saturated carbocycles. The molecule has 0 bridgehead atoms. The average Bonchev–Trinajstić information content (AvgIpc) is 3.02. The molecule has 0 atom stereocenters. The highest BCUT2D eigenvalue weighted by Crippen LogP contribution is 2.29. The molecule has 0 saturated heterocycles. The summed E-state index contributed by atoms with van der Waals surface area (Å²) in [5.74, 6) is 0.0529. The Kier molecular flexibility index (Phi) is 5.24. The summed E-state index contributed by atoms with van der Waals surface area (Å²) in [6, 6.07) is 9.40. The number of esters is 1.